The Hall–Kier alpha value is 0.700. The van der Waals surface area contributed by atoms with Crippen molar-refractivity contribution in [3.05, 3.63) is 0 Å². The molecule has 0 radical (unpaired) electrons. The molecule has 0 saturated carbocycles. The lowest BCUT2D eigenvalue weighted by Crippen LogP contribution is -2.13. The third-order valence-corrected chi connectivity index (χ3v) is 5.18. The van der Waals surface area contributed by atoms with E-state index in [0.717, 1.165) is 5.25 Å². The molecule has 1 atom stereocenters. The zero-order valence-corrected chi connectivity index (χ0v) is 9.68. The number of thioether (sulfide) groups is 2. The summed E-state index contributed by atoms with van der Waals surface area (Å²) in [5.74, 6) is 4.19. The Morgan fingerprint density at radius 2 is 2.08 bits per heavy atom. The van der Waals surface area contributed by atoms with E-state index in [1.807, 2.05) is 0 Å². The highest BCUT2D eigenvalue weighted by atomic mass is 32.2. The Morgan fingerprint density at radius 1 is 1.17 bits per heavy atom. The van der Waals surface area contributed by atoms with Crippen LogP contribution in [-0.4, -0.2) is 22.5 Å². The van der Waals surface area contributed by atoms with Gasteiger partial charge in [-0.2, -0.15) is 23.5 Å². The van der Waals surface area contributed by atoms with E-state index < -0.39 is 0 Å². The molecule has 72 valence electrons. The molecule has 0 N–H and O–H groups in total. The summed E-state index contributed by atoms with van der Waals surface area (Å²) in [6.45, 7) is 2.28. The molecule has 0 amide bonds. The first-order valence-corrected chi connectivity index (χ1v) is 7.33. The van der Waals surface area contributed by atoms with Crippen LogP contribution in [0.3, 0.4) is 0 Å². The van der Waals surface area contributed by atoms with Gasteiger partial charge in [-0.05, 0) is 6.42 Å². The van der Waals surface area contributed by atoms with Gasteiger partial charge in [0.1, 0.15) is 0 Å². The van der Waals surface area contributed by atoms with Crippen LogP contribution >= 0.6 is 23.5 Å². The topological polar surface area (TPSA) is 0 Å². The molecule has 1 saturated heterocycles. The minimum atomic E-state index is 0.987. The second kappa shape index (κ2) is 7.14. The van der Waals surface area contributed by atoms with Crippen LogP contribution in [0.1, 0.15) is 39.0 Å². The minimum Gasteiger partial charge on any atom is -0.160 e. The first-order valence-electron chi connectivity index (χ1n) is 5.13. The Labute approximate surface area is 85.3 Å². The Morgan fingerprint density at radius 3 is 2.75 bits per heavy atom. The van der Waals surface area contributed by atoms with E-state index in [2.05, 4.69) is 30.4 Å². The first kappa shape index (κ1) is 10.8. The zero-order valence-electron chi connectivity index (χ0n) is 8.05. The molecule has 0 nitrogen and oxygen atoms in total. The lowest BCUT2D eigenvalue weighted by Gasteiger charge is -2.20. The number of hydrogen-bond acceptors (Lipinski definition) is 2. The van der Waals surface area contributed by atoms with Crippen molar-refractivity contribution in [1.29, 1.82) is 0 Å². The van der Waals surface area contributed by atoms with E-state index in [4.69, 9.17) is 0 Å². The third-order valence-electron chi connectivity index (χ3n) is 2.26. The fourth-order valence-electron chi connectivity index (χ4n) is 1.50. The first-order chi connectivity index (χ1) is 5.93. The second-order valence-electron chi connectivity index (χ2n) is 3.42. The van der Waals surface area contributed by atoms with Gasteiger partial charge in [-0.1, -0.05) is 32.6 Å². The summed E-state index contributed by atoms with van der Waals surface area (Å²) in [6.07, 6.45) is 7.19. The van der Waals surface area contributed by atoms with Gasteiger partial charge >= 0.3 is 0 Å². The van der Waals surface area contributed by atoms with E-state index in [0.29, 0.717) is 0 Å². The van der Waals surface area contributed by atoms with Crippen LogP contribution in [0, 0.1) is 0 Å². The average Bonchev–Trinajstić information content (AvgIpc) is 2.14. The molecule has 1 unspecified atom stereocenters. The van der Waals surface area contributed by atoms with Crippen molar-refractivity contribution in [2.45, 2.75) is 44.3 Å². The zero-order chi connectivity index (χ0) is 8.65. The molecule has 1 rings (SSSR count). The van der Waals surface area contributed by atoms with Gasteiger partial charge in [0.05, 0.1) is 0 Å². The third kappa shape index (κ3) is 4.66. The van der Waals surface area contributed by atoms with E-state index in [9.17, 15) is 0 Å². The normalized spacial score (nSPS) is 24.2. The molecular formula is C10H20S2. The van der Waals surface area contributed by atoms with Gasteiger partial charge in [-0.3, -0.25) is 0 Å². The van der Waals surface area contributed by atoms with E-state index in [1.54, 1.807) is 0 Å². The van der Waals surface area contributed by atoms with Crippen LogP contribution in [0.4, 0.5) is 0 Å². The molecule has 0 spiro atoms. The molecule has 0 bridgehead atoms. The second-order valence-corrected chi connectivity index (χ2v) is 5.98. The monoisotopic (exact) mass is 204 g/mol. The molecule has 0 aromatic heterocycles. The van der Waals surface area contributed by atoms with Crippen molar-refractivity contribution >= 4 is 23.5 Å². The molecule has 0 aliphatic carbocycles. The SMILES string of the molecule is CCCCCCC1CSCCS1. The van der Waals surface area contributed by atoms with Crippen molar-refractivity contribution in [1.82, 2.24) is 0 Å². The predicted molar refractivity (Wildman–Crippen MR) is 62.3 cm³/mol. The van der Waals surface area contributed by atoms with Gasteiger partial charge in [0.2, 0.25) is 0 Å². The molecule has 12 heavy (non-hydrogen) atoms. The average molecular weight is 204 g/mol. The van der Waals surface area contributed by atoms with Crippen LogP contribution in [0.25, 0.3) is 0 Å². The molecule has 1 aliphatic heterocycles. The van der Waals surface area contributed by atoms with E-state index in [-0.39, 0.29) is 0 Å². The van der Waals surface area contributed by atoms with Gasteiger partial charge in [-0.15, -0.1) is 0 Å². The van der Waals surface area contributed by atoms with Gasteiger partial charge in [0, 0.05) is 22.5 Å². The smallest absolute Gasteiger partial charge is 0.0138 e. The fraction of sp³-hybridized carbons (Fsp3) is 1.00. The van der Waals surface area contributed by atoms with Crippen molar-refractivity contribution in [2.75, 3.05) is 17.3 Å². The maximum absolute atomic E-state index is 2.28. The van der Waals surface area contributed by atoms with Crippen molar-refractivity contribution in [3.63, 3.8) is 0 Å². The summed E-state index contributed by atoms with van der Waals surface area (Å²) in [6, 6.07) is 0. The van der Waals surface area contributed by atoms with E-state index in [1.165, 1.54) is 49.4 Å². The molecule has 1 fully saturated rings. The highest BCUT2D eigenvalue weighted by Crippen LogP contribution is 2.27. The highest BCUT2D eigenvalue weighted by Gasteiger charge is 2.12. The van der Waals surface area contributed by atoms with Crippen molar-refractivity contribution in [2.24, 2.45) is 0 Å². The minimum absolute atomic E-state index is 0.987. The molecule has 0 aromatic carbocycles. The van der Waals surface area contributed by atoms with Crippen LogP contribution < -0.4 is 0 Å². The van der Waals surface area contributed by atoms with Gasteiger partial charge < -0.3 is 0 Å². The summed E-state index contributed by atoms with van der Waals surface area (Å²) in [5.41, 5.74) is 0. The summed E-state index contributed by atoms with van der Waals surface area (Å²) < 4.78 is 0. The van der Waals surface area contributed by atoms with E-state index >= 15 is 0 Å². The molecule has 1 heterocycles. The predicted octanol–water partition coefficient (Wildman–Crippen LogP) is 3.81. The van der Waals surface area contributed by atoms with Crippen molar-refractivity contribution in [3.8, 4) is 0 Å². The molecular weight excluding hydrogens is 184 g/mol. The quantitative estimate of drug-likeness (QED) is 0.625. The van der Waals surface area contributed by atoms with Crippen LogP contribution in [-0.2, 0) is 0 Å². The Kier molecular flexibility index (Phi) is 6.41. The molecule has 0 aromatic rings. The number of rotatable bonds is 5. The van der Waals surface area contributed by atoms with Gasteiger partial charge in [-0.25, -0.2) is 0 Å². The Bertz CT molecular complexity index is 98.0. The standard InChI is InChI=1S/C10H20S2/c1-2-3-4-5-6-10-9-11-7-8-12-10/h10H,2-9H2,1H3. The lowest BCUT2D eigenvalue weighted by molar-refractivity contribution is 0.632. The number of hydrogen-bond donors (Lipinski definition) is 0. The highest BCUT2D eigenvalue weighted by molar-refractivity contribution is 8.06. The number of unbranched alkanes of at least 4 members (excludes halogenated alkanes) is 3. The van der Waals surface area contributed by atoms with Crippen LogP contribution in [0.15, 0.2) is 0 Å². The van der Waals surface area contributed by atoms with Crippen LogP contribution in [0.2, 0.25) is 0 Å². The molecule has 2 heteroatoms. The van der Waals surface area contributed by atoms with Gasteiger partial charge in [0.25, 0.3) is 0 Å². The fourth-order valence-corrected chi connectivity index (χ4v) is 4.29. The lowest BCUT2D eigenvalue weighted by atomic mass is 10.1. The summed E-state index contributed by atoms with van der Waals surface area (Å²) in [5, 5.41) is 0.987. The Balaban J connectivity index is 1.91. The van der Waals surface area contributed by atoms with Gasteiger partial charge in [0.15, 0.2) is 0 Å². The summed E-state index contributed by atoms with van der Waals surface area (Å²) in [7, 11) is 0. The van der Waals surface area contributed by atoms with Crippen molar-refractivity contribution < 1.29 is 0 Å². The maximum atomic E-state index is 2.28. The largest absolute Gasteiger partial charge is 0.160 e. The maximum Gasteiger partial charge on any atom is 0.0138 e. The van der Waals surface area contributed by atoms with Crippen LogP contribution in [0.5, 0.6) is 0 Å². The summed E-state index contributed by atoms with van der Waals surface area (Å²) >= 11 is 4.35. The molecule has 1 aliphatic rings. The summed E-state index contributed by atoms with van der Waals surface area (Å²) in [4.78, 5) is 0.